The molecule has 3 rings (SSSR count). The molecule has 1 atom stereocenters. The van der Waals surface area contributed by atoms with Crippen molar-refractivity contribution in [1.29, 1.82) is 0 Å². The molecule has 6 nitrogen and oxygen atoms in total. The second-order valence-corrected chi connectivity index (χ2v) is 8.61. The molecule has 1 amide bonds. The third-order valence-electron chi connectivity index (χ3n) is 4.79. The first-order valence-corrected chi connectivity index (χ1v) is 9.76. The Morgan fingerprint density at radius 2 is 1.95 bits per heavy atom. The summed E-state index contributed by atoms with van der Waals surface area (Å²) in [6, 6.07) is 1.91. The molecule has 0 unspecified atom stereocenters. The van der Waals surface area contributed by atoms with Crippen LogP contribution in [-0.2, 0) is 21.2 Å². The Morgan fingerprint density at radius 1 is 1.18 bits per heavy atom. The van der Waals surface area contributed by atoms with Crippen LogP contribution in [0.15, 0.2) is 18.5 Å². The fraction of sp³-hybridized carbons (Fsp3) is 0.733. The number of nitrogens with zero attached hydrogens (tertiary/aromatic N) is 3. The van der Waals surface area contributed by atoms with Crippen molar-refractivity contribution in [2.45, 2.75) is 56.4 Å². The summed E-state index contributed by atoms with van der Waals surface area (Å²) < 4.78 is 26.5. The number of hydrogen-bond donors (Lipinski definition) is 0. The van der Waals surface area contributed by atoms with E-state index in [2.05, 4.69) is 5.10 Å². The fourth-order valence-electron chi connectivity index (χ4n) is 3.60. The van der Waals surface area contributed by atoms with E-state index < -0.39 is 9.84 Å². The predicted octanol–water partition coefficient (Wildman–Crippen LogP) is 1.23. The van der Waals surface area contributed by atoms with Crippen LogP contribution in [0.2, 0.25) is 0 Å². The molecule has 1 aromatic rings. The van der Waals surface area contributed by atoms with Crippen LogP contribution < -0.4 is 0 Å². The SMILES string of the molecule is O=C(CS(=O)(=O)C1CCCC1)N1CCC[C@H]1Cn1cccn1. The zero-order valence-electron chi connectivity index (χ0n) is 12.7. The first-order chi connectivity index (χ1) is 10.6. The lowest BCUT2D eigenvalue weighted by Crippen LogP contribution is -2.42. The number of aromatic nitrogens is 2. The first kappa shape index (κ1) is 15.5. The molecule has 0 spiro atoms. The van der Waals surface area contributed by atoms with Crippen LogP contribution in [0.5, 0.6) is 0 Å². The van der Waals surface area contributed by atoms with Crippen molar-refractivity contribution in [1.82, 2.24) is 14.7 Å². The van der Waals surface area contributed by atoms with Gasteiger partial charge < -0.3 is 4.90 Å². The first-order valence-electron chi connectivity index (χ1n) is 8.05. The van der Waals surface area contributed by atoms with Gasteiger partial charge in [0.1, 0.15) is 5.75 Å². The molecule has 1 aromatic heterocycles. The van der Waals surface area contributed by atoms with E-state index in [4.69, 9.17) is 0 Å². The molecule has 22 heavy (non-hydrogen) atoms. The molecular formula is C15H23N3O3S. The minimum atomic E-state index is -3.30. The molecule has 0 bridgehead atoms. The van der Waals surface area contributed by atoms with Gasteiger partial charge in [0.25, 0.3) is 0 Å². The summed E-state index contributed by atoms with van der Waals surface area (Å²) in [5, 5.41) is 3.87. The maximum atomic E-state index is 12.5. The molecular weight excluding hydrogens is 302 g/mol. The zero-order valence-corrected chi connectivity index (χ0v) is 13.5. The standard InChI is InChI=1S/C15H23N3O3S/c19-15(12-22(20,21)14-6-1-2-7-14)18-10-3-5-13(18)11-17-9-4-8-16-17/h4,8-9,13-14H,1-3,5-7,10-12H2/t13-/m0/s1. The van der Waals surface area contributed by atoms with Gasteiger partial charge in [0.05, 0.1) is 17.8 Å². The Hall–Kier alpha value is -1.37. The van der Waals surface area contributed by atoms with Gasteiger partial charge in [-0.1, -0.05) is 12.8 Å². The van der Waals surface area contributed by atoms with Crippen LogP contribution in [0.4, 0.5) is 0 Å². The van der Waals surface area contributed by atoms with Gasteiger partial charge in [0, 0.05) is 18.9 Å². The van der Waals surface area contributed by atoms with Crippen molar-refractivity contribution in [2.24, 2.45) is 0 Å². The normalized spacial score (nSPS) is 23.3. The quantitative estimate of drug-likeness (QED) is 0.816. The van der Waals surface area contributed by atoms with Crippen molar-refractivity contribution in [2.75, 3.05) is 12.3 Å². The van der Waals surface area contributed by atoms with Gasteiger partial charge >= 0.3 is 0 Å². The minimum absolute atomic E-state index is 0.0613. The molecule has 1 aliphatic heterocycles. The highest BCUT2D eigenvalue weighted by molar-refractivity contribution is 7.92. The molecule has 7 heteroatoms. The molecule has 1 saturated carbocycles. The maximum Gasteiger partial charge on any atom is 0.238 e. The molecule has 2 fully saturated rings. The van der Waals surface area contributed by atoms with E-state index in [9.17, 15) is 13.2 Å². The number of sulfone groups is 1. The number of likely N-dealkylation sites (tertiary alicyclic amines) is 1. The smallest absolute Gasteiger partial charge is 0.238 e. The van der Waals surface area contributed by atoms with Crippen molar-refractivity contribution >= 4 is 15.7 Å². The maximum absolute atomic E-state index is 12.5. The second kappa shape index (κ2) is 6.40. The van der Waals surface area contributed by atoms with Crippen molar-refractivity contribution in [3.63, 3.8) is 0 Å². The molecule has 0 N–H and O–H groups in total. The van der Waals surface area contributed by atoms with Crippen LogP contribution in [0.25, 0.3) is 0 Å². The summed E-state index contributed by atoms with van der Waals surface area (Å²) in [6.45, 7) is 1.30. The number of amides is 1. The number of carbonyl (C=O) groups excluding carboxylic acids is 1. The van der Waals surface area contributed by atoms with E-state index in [1.807, 2.05) is 16.9 Å². The largest absolute Gasteiger partial charge is 0.337 e. The Kier molecular flexibility index (Phi) is 4.52. The Morgan fingerprint density at radius 3 is 2.64 bits per heavy atom. The Balaban J connectivity index is 1.63. The van der Waals surface area contributed by atoms with Gasteiger partial charge in [-0.05, 0) is 31.7 Å². The monoisotopic (exact) mass is 325 g/mol. The summed E-state index contributed by atoms with van der Waals surface area (Å²) in [6.07, 6.45) is 8.78. The van der Waals surface area contributed by atoms with Gasteiger partial charge in [-0.15, -0.1) is 0 Å². The van der Waals surface area contributed by atoms with Crippen LogP contribution in [-0.4, -0.2) is 52.6 Å². The zero-order chi connectivity index (χ0) is 15.6. The van der Waals surface area contributed by atoms with Gasteiger partial charge in [0.15, 0.2) is 9.84 Å². The van der Waals surface area contributed by atoms with Crippen molar-refractivity contribution < 1.29 is 13.2 Å². The second-order valence-electron chi connectivity index (χ2n) is 6.32. The van der Waals surface area contributed by atoms with Crippen LogP contribution in [0.3, 0.4) is 0 Å². The van der Waals surface area contributed by atoms with E-state index in [0.717, 1.165) is 25.7 Å². The van der Waals surface area contributed by atoms with Gasteiger partial charge in [-0.2, -0.15) is 5.10 Å². The third kappa shape index (κ3) is 3.34. The van der Waals surface area contributed by atoms with Gasteiger partial charge in [-0.3, -0.25) is 9.48 Å². The van der Waals surface area contributed by atoms with Crippen LogP contribution in [0.1, 0.15) is 38.5 Å². The topological polar surface area (TPSA) is 72.3 Å². The summed E-state index contributed by atoms with van der Waals surface area (Å²) in [7, 11) is -3.30. The van der Waals surface area contributed by atoms with Crippen molar-refractivity contribution in [3.8, 4) is 0 Å². The van der Waals surface area contributed by atoms with E-state index >= 15 is 0 Å². The van der Waals surface area contributed by atoms with Crippen LogP contribution >= 0.6 is 0 Å². The van der Waals surface area contributed by atoms with E-state index in [-0.39, 0.29) is 23.0 Å². The molecule has 1 saturated heterocycles. The Bertz CT molecular complexity index is 606. The minimum Gasteiger partial charge on any atom is -0.337 e. The van der Waals surface area contributed by atoms with E-state index in [1.165, 1.54) is 0 Å². The molecule has 0 radical (unpaired) electrons. The predicted molar refractivity (Wildman–Crippen MR) is 83.0 cm³/mol. The molecule has 2 aliphatic rings. The molecule has 2 heterocycles. The van der Waals surface area contributed by atoms with E-state index in [1.54, 1.807) is 11.1 Å². The Labute approximate surface area is 131 Å². The van der Waals surface area contributed by atoms with Gasteiger partial charge in [-0.25, -0.2) is 8.42 Å². The molecule has 0 aromatic carbocycles. The number of rotatable bonds is 5. The lowest BCUT2D eigenvalue weighted by Gasteiger charge is -2.25. The summed E-state index contributed by atoms with van der Waals surface area (Å²) in [4.78, 5) is 14.2. The van der Waals surface area contributed by atoms with Gasteiger partial charge in [0.2, 0.25) is 5.91 Å². The number of hydrogen-bond acceptors (Lipinski definition) is 4. The number of carbonyl (C=O) groups is 1. The molecule has 122 valence electrons. The molecule has 1 aliphatic carbocycles. The summed E-state index contributed by atoms with van der Waals surface area (Å²) >= 11 is 0. The third-order valence-corrected chi connectivity index (χ3v) is 6.93. The summed E-state index contributed by atoms with van der Waals surface area (Å²) in [5.74, 6) is -0.561. The highest BCUT2D eigenvalue weighted by Crippen LogP contribution is 2.26. The van der Waals surface area contributed by atoms with E-state index in [0.29, 0.717) is 25.9 Å². The average molecular weight is 325 g/mol. The lowest BCUT2D eigenvalue weighted by molar-refractivity contribution is -0.129. The lowest BCUT2D eigenvalue weighted by atomic mass is 10.2. The van der Waals surface area contributed by atoms with Crippen LogP contribution in [0, 0.1) is 0 Å². The highest BCUT2D eigenvalue weighted by Gasteiger charge is 2.35. The van der Waals surface area contributed by atoms with Crippen molar-refractivity contribution in [3.05, 3.63) is 18.5 Å². The fourth-order valence-corrected chi connectivity index (χ4v) is 5.40. The highest BCUT2D eigenvalue weighted by atomic mass is 32.2. The average Bonchev–Trinajstić information content (AvgIpc) is 3.21. The summed E-state index contributed by atoms with van der Waals surface area (Å²) in [5.41, 5.74) is 0.